The summed E-state index contributed by atoms with van der Waals surface area (Å²) in [6.45, 7) is 4.65. The predicted molar refractivity (Wildman–Crippen MR) is 74.2 cm³/mol. The third-order valence-electron chi connectivity index (χ3n) is 3.14. The van der Waals surface area contributed by atoms with E-state index in [1.807, 2.05) is 6.07 Å². The molecule has 108 valence electrons. The smallest absolute Gasteiger partial charge is 0.326 e. The molecule has 1 heterocycles. The molecule has 0 saturated heterocycles. The zero-order chi connectivity index (χ0) is 14.7. The van der Waals surface area contributed by atoms with E-state index in [9.17, 15) is 9.59 Å². The maximum Gasteiger partial charge on any atom is 0.326 e. The number of para-hydroxylation sites is 1. The van der Waals surface area contributed by atoms with Crippen LogP contribution in [0.5, 0.6) is 5.75 Å². The minimum atomic E-state index is -1.04. The van der Waals surface area contributed by atoms with Crippen molar-refractivity contribution in [2.24, 2.45) is 5.92 Å². The van der Waals surface area contributed by atoms with Crippen LogP contribution < -0.4 is 15.4 Å². The lowest BCUT2D eigenvalue weighted by Crippen LogP contribution is -2.44. The summed E-state index contributed by atoms with van der Waals surface area (Å²) in [5.74, 6) is -1.21. The van der Waals surface area contributed by atoms with Crippen LogP contribution in [0.4, 0.5) is 5.69 Å². The molecule has 0 radical (unpaired) electrons. The summed E-state index contributed by atoms with van der Waals surface area (Å²) in [6.07, 6.45) is 0. The molecule has 1 aromatic carbocycles. The molecule has 0 bridgehead atoms. The van der Waals surface area contributed by atoms with E-state index in [2.05, 4.69) is 10.6 Å². The van der Waals surface area contributed by atoms with Gasteiger partial charge >= 0.3 is 5.97 Å². The molecular formula is C14H18N2O4. The molecule has 6 heteroatoms. The molecular weight excluding hydrogens is 260 g/mol. The minimum Gasteiger partial charge on any atom is -0.489 e. The highest BCUT2D eigenvalue weighted by molar-refractivity contribution is 6.00. The molecule has 1 aromatic rings. The van der Waals surface area contributed by atoms with Crippen molar-refractivity contribution in [2.75, 3.05) is 18.5 Å². The van der Waals surface area contributed by atoms with Gasteiger partial charge in [0.25, 0.3) is 5.91 Å². The quantitative estimate of drug-likeness (QED) is 0.773. The largest absolute Gasteiger partial charge is 0.489 e. The van der Waals surface area contributed by atoms with Gasteiger partial charge in [-0.2, -0.15) is 0 Å². The van der Waals surface area contributed by atoms with E-state index in [-0.39, 0.29) is 5.92 Å². The molecule has 2 rings (SSSR count). The fourth-order valence-corrected chi connectivity index (χ4v) is 2.08. The maximum atomic E-state index is 12.3. The zero-order valence-electron chi connectivity index (χ0n) is 11.5. The van der Waals surface area contributed by atoms with Gasteiger partial charge in [-0.15, -0.1) is 0 Å². The van der Waals surface area contributed by atoms with Gasteiger partial charge in [-0.25, -0.2) is 4.79 Å². The molecule has 1 atom stereocenters. The van der Waals surface area contributed by atoms with Crippen molar-refractivity contribution in [2.45, 2.75) is 19.9 Å². The highest BCUT2D eigenvalue weighted by Gasteiger charge is 2.26. The van der Waals surface area contributed by atoms with Crippen molar-refractivity contribution in [3.8, 4) is 5.75 Å². The van der Waals surface area contributed by atoms with Gasteiger partial charge in [0.1, 0.15) is 12.6 Å². The Hall–Kier alpha value is -2.24. The van der Waals surface area contributed by atoms with Gasteiger partial charge < -0.3 is 20.5 Å². The number of carboxylic acids is 1. The van der Waals surface area contributed by atoms with E-state index in [0.717, 1.165) is 5.69 Å². The Kier molecular flexibility index (Phi) is 4.12. The van der Waals surface area contributed by atoms with Gasteiger partial charge in [0.2, 0.25) is 0 Å². The molecule has 0 aliphatic carbocycles. The number of carboxylic acid groups (broad SMARTS) is 1. The number of amides is 1. The first-order valence-electron chi connectivity index (χ1n) is 6.54. The number of hydrogen-bond acceptors (Lipinski definition) is 4. The summed E-state index contributed by atoms with van der Waals surface area (Å²) in [5.41, 5.74) is 1.10. The molecule has 0 fully saturated rings. The Morgan fingerprint density at radius 2 is 2.15 bits per heavy atom. The van der Waals surface area contributed by atoms with Gasteiger partial charge in [-0.1, -0.05) is 19.9 Å². The SMILES string of the molecule is CC(C)C(NC(=O)c1cccc2c1OCCN2)C(=O)O. The molecule has 6 nitrogen and oxygen atoms in total. The summed E-state index contributed by atoms with van der Waals surface area (Å²) in [6, 6.07) is 4.26. The van der Waals surface area contributed by atoms with Crippen LogP contribution in [0.15, 0.2) is 18.2 Å². The van der Waals surface area contributed by atoms with Crippen LogP contribution in [0.25, 0.3) is 0 Å². The average Bonchev–Trinajstić information content (AvgIpc) is 2.43. The fraction of sp³-hybridized carbons (Fsp3) is 0.429. The molecule has 3 N–H and O–H groups in total. The lowest BCUT2D eigenvalue weighted by molar-refractivity contribution is -0.140. The van der Waals surface area contributed by atoms with Gasteiger partial charge in [-0.05, 0) is 18.1 Å². The number of benzene rings is 1. The summed E-state index contributed by atoms with van der Waals surface area (Å²) < 4.78 is 5.51. The lowest BCUT2D eigenvalue weighted by atomic mass is 10.0. The van der Waals surface area contributed by atoms with Gasteiger partial charge in [0.05, 0.1) is 11.3 Å². The first-order chi connectivity index (χ1) is 9.50. The normalized spacial score (nSPS) is 14.8. The number of carbonyl (C=O) groups is 2. The minimum absolute atomic E-state index is 0.199. The monoisotopic (exact) mass is 278 g/mol. The molecule has 1 aliphatic heterocycles. The number of rotatable bonds is 4. The Morgan fingerprint density at radius 1 is 1.40 bits per heavy atom. The molecule has 1 amide bonds. The molecule has 20 heavy (non-hydrogen) atoms. The summed E-state index contributed by atoms with van der Waals surface area (Å²) in [7, 11) is 0. The number of aliphatic carboxylic acids is 1. The first-order valence-corrected chi connectivity index (χ1v) is 6.54. The molecule has 1 aliphatic rings. The predicted octanol–water partition coefficient (Wildman–Crippen LogP) is 1.33. The third-order valence-corrected chi connectivity index (χ3v) is 3.14. The van der Waals surface area contributed by atoms with Gasteiger partial charge in [0.15, 0.2) is 5.75 Å². The van der Waals surface area contributed by atoms with Crippen LogP contribution in [0.1, 0.15) is 24.2 Å². The van der Waals surface area contributed by atoms with Crippen molar-refractivity contribution in [1.82, 2.24) is 5.32 Å². The van der Waals surface area contributed by atoms with E-state index in [1.165, 1.54) is 0 Å². The lowest BCUT2D eigenvalue weighted by Gasteiger charge is -2.23. The van der Waals surface area contributed by atoms with Crippen LogP contribution in [-0.4, -0.2) is 36.2 Å². The highest BCUT2D eigenvalue weighted by atomic mass is 16.5. The Labute approximate surface area is 117 Å². The van der Waals surface area contributed by atoms with Crippen molar-refractivity contribution in [1.29, 1.82) is 0 Å². The summed E-state index contributed by atoms with van der Waals surface area (Å²) in [4.78, 5) is 23.4. The van der Waals surface area contributed by atoms with E-state index in [0.29, 0.717) is 24.5 Å². The van der Waals surface area contributed by atoms with E-state index in [1.54, 1.807) is 26.0 Å². The number of anilines is 1. The standard InChI is InChI=1S/C14H18N2O4/c1-8(2)11(14(18)19)16-13(17)9-4-3-5-10-12(9)20-7-6-15-10/h3-5,8,11,15H,6-7H2,1-2H3,(H,16,17)(H,18,19). The van der Waals surface area contributed by atoms with Gasteiger partial charge in [-0.3, -0.25) is 4.79 Å². The molecule has 0 spiro atoms. The van der Waals surface area contributed by atoms with Crippen LogP contribution in [0, 0.1) is 5.92 Å². The van der Waals surface area contributed by atoms with Crippen molar-refractivity contribution in [3.63, 3.8) is 0 Å². The van der Waals surface area contributed by atoms with Crippen LogP contribution in [-0.2, 0) is 4.79 Å². The molecule has 0 saturated carbocycles. The van der Waals surface area contributed by atoms with E-state index < -0.39 is 17.9 Å². The summed E-state index contributed by atoms with van der Waals surface area (Å²) in [5, 5.41) is 14.8. The van der Waals surface area contributed by atoms with Crippen molar-refractivity contribution in [3.05, 3.63) is 23.8 Å². The second kappa shape index (κ2) is 5.81. The third kappa shape index (κ3) is 2.84. The van der Waals surface area contributed by atoms with Crippen LogP contribution >= 0.6 is 0 Å². The number of fused-ring (bicyclic) bond motifs is 1. The number of nitrogens with one attached hydrogen (secondary N) is 2. The van der Waals surface area contributed by atoms with Crippen LogP contribution in [0.2, 0.25) is 0 Å². The van der Waals surface area contributed by atoms with E-state index in [4.69, 9.17) is 9.84 Å². The van der Waals surface area contributed by atoms with Crippen LogP contribution in [0.3, 0.4) is 0 Å². The fourth-order valence-electron chi connectivity index (χ4n) is 2.08. The maximum absolute atomic E-state index is 12.3. The topological polar surface area (TPSA) is 87.7 Å². The second-order valence-corrected chi connectivity index (χ2v) is 4.99. The molecule has 1 unspecified atom stereocenters. The molecule has 0 aromatic heterocycles. The second-order valence-electron chi connectivity index (χ2n) is 4.99. The number of carbonyl (C=O) groups excluding carboxylic acids is 1. The number of ether oxygens (including phenoxy) is 1. The Bertz CT molecular complexity index is 528. The van der Waals surface area contributed by atoms with Gasteiger partial charge in [0, 0.05) is 6.54 Å². The van der Waals surface area contributed by atoms with Crippen molar-refractivity contribution < 1.29 is 19.4 Å². The Balaban J connectivity index is 2.23. The first kappa shape index (κ1) is 14.2. The summed E-state index contributed by atoms with van der Waals surface area (Å²) >= 11 is 0. The average molecular weight is 278 g/mol. The van der Waals surface area contributed by atoms with Crippen molar-refractivity contribution >= 4 is 17.6 Å². The zero-order valence-corrected chi connectivity index (χ0v) is 11.5. The Morgan fingerprint density at radius 3 is 2.80 bits per heavy atom. The highest BCUT2D eigenvalue weighted by Crippen LogP contribution is 2.31. The number of hydrogen-bond donors (Lipinski definition) is 3. The van der Waals surface area contributed by atoms with E-state index >= 15 is 0 Å².